The minimum Gasteiger partial charge on any atom is -0.337 e. The Kier molecular flexibility index (Phi) is 4.99. The van der Waals surface area contributed by atoms with Crippen molar-refractivity contribution in [3.8, 4) is 0 Å². The molecular formula is C23H31N5O2. The highest BCUT2D eigenvalue weighted by Crippen LogP contribution is 2.43. The first-order valence-corrected chi connectivity index (χ1v) is 11.4. The fourth-order valence-corrected chi connectivity index (χ4v) is 5.99. The van der Waals surface area contributed by atoms with Crippen molar-refractivity contribution in [2.75, 3.05) is 13.1 Å². The number of carbonyl (C=O) groups excluding carboxylic acids is 2. The average molecular weight is 410 g/mol. The predicted molar refractivity (Wildman–Crippen MR) is 113 cm³/mol. The SMILES string of the molecule is CC(C)CC[C@H]1[C@H]2C[C@H](CN(C(=O)c3cccc4ncnn34)C2)[C@@H]2CCCC(=O)N21. The highest BCUT2D eigenvalue weighted by atomic mass is 16.2. The summed E-state index contributed by atoms with van der Waals surface area (Å²) >= 11 is 0. The van der Waals surface area contributed by atoms with Crippen LogP contribution < -0.4 is 0 Å². The van der Waals surface area contributed by atoms with Gasteiger partial charge in [-0.3, -0.25) is 9.59 Å². The van der Waals surface area contributed by atoms with Gasteiger partial charge in [-0.1, -0.05) is 19.9 Å². The number of aromatic nitrogens is 3. The Bertz CT molecular complexity index is 954. The largest absolute Gasteiger partial charge is 0.337 e. The Balaban J connectivity index is 1.43. The van der Waals surface area contributed by atoms with E-state index in [0.717, 1.165) is 45.2 Å². The average Bonchev–Trinajstić information content (AvgIpc) is 3.22. The number of hydrogen-bond acceptors (Lipinski definition) is 4. The number of amides is 2. The number of likely N-dealkylation sites (tertiary alicyclic amines) is 1. The number of rotatable bonds is 4. The van der Waals surface area contributed by atoms with E-state index >= 15 is 0 Å². The van der Waals surface area contributed by atoms with Crippen molar-refractivity contribution < 1.29 is 9.59 Å². The minimum absolute atomic E-state index is 0.0268. The fraction of sp³-hybridized carbons (Fsp3) is 0.652. The summed E-state index contributed by atoms with van der Waals surface area (Å²) in [5, 5.41) is 4.25. The molecule has 0 N–H and O–H groups in total. The summed E-state index contributed by atoms with van der Waals surface area (Å²) in [4.78, 5) is 34.9. The Morgan fingerprint density at radius 3 is 2.90 bits per heavy atom. The molecule has 5 rings (SSSR count). The van der Waals surface area contributed by atoms with Crippen LogP contribution in [0, 0.1) is 17.8 Å². The third kappa shape index (κ3) is 3.28. The topological polar surface area (TPSA) is 70.8 Å². The fourth-order valence-electron chi connectivity index (χ4n) is 5.99. The van der Waals surface area contributed by atoms with Crippen molar-refractivity contribution in [1.29, 1.82) is 0 Å². The maximum Gasteiger partial charge on any atom is 0.272 e. The number of piperidine rings is 3. The molecule has 0 radical (unpaired) electrons. The van der Waals surface area contributed by atoms with Gasteiger partial charge in [0.25, 0.3) is 5.91 Å². The molecule has 0 spiro atoms. The molecule has 4 atom stereocenters. The van der Waals surface area contributed by atoms with Crippen molar-refractivity contribution in [2.45, 2.75) is 64.5 Å². The van der Waals surface area contributed by atoms with E-state index in [0.29, 0.717) is 41.4 Å². The summed E-state index contributed by atoms with van der Waals surface area (Å²) in [6, 6.07) is 6.12. The summed E-state index contributed by atoms with van der Waals surface area (Å²) < 4.78 is 1.64. The van der Waals surface area contributed by atoms with E-state index in [1.807, 2.05) is 23.1 Å². The van der Waals surface area contributed by atoms with Crippen LogP contribution >= 0.6 is 0 Å². The third-order valence-corrected chi connectivity index (χ3v) is 7.34. The van der Waals surface area contributed by atoms with Crippen LogP contribution in [-0.4, -0.2) is 61.4 Å². The van der Waals surface area contributed by atoms with Gasteiger partial charge in [0.1, 0.15) is 12.0 Å². The number of carbonyl (C=O) groups is 2. The van der Waals surface area contributed by atoms with Gasteiger partial charge >= 0.3 is 0 Å². The number of hydrogen-bond donors (Lipinski definition) is 0. The van der Waals surface area contributed by atoms with Crippen molar-refractivity contribution in [2.24, 2.45) is 17.8 Å². The number of pyridine rings is 1. The number of fused-ring (bicyclic) bond motifs is 5. The van der Waals surface area contributed by atoms with Crippen LogP contribution in [0.15, 0.2) is 24.5 Å². The first-order valence-electron chi connectivity index (χ1n) is 11.4. The molecule has 2 amide bonds. The van der Waals surface area contributed by atoms with Crippen LogP contribution in [0.1, 0.15) is 62.9 Å². The van der Waals surface area contributed by atoms with Crippen LogP contribution in [0.2, 0.25) is 0 Å². The van der Waals surface area contributed by atoms with Gasteiger partial charge in [0.05, 0.1) is 0 Å². The van der Waals surface area contributed by atoms with Crippen LogP contribution in [0.5, 0.6) is 0 Å². The van der Waals surface area contributed by atoms with Crippen molar-refractivity contribution in [1.82, 2.24) is 24.4 Å². The maximum atomic E-state index is 13.5. The zero-order chi connectivity index (χ0) is 20.8. The summed E-state index contributed by atoms with van der Waals surface area (Å²) in [5.41, 5.74) is 1.26. The summed E-state index contributed by atoms with van der Waals surface area (Å²) in [6.07, 6.45) is 7.52. The molecule has 3 aliphatic rings. The quantitative estimate of drug-likeness (QED) is 0.778. The second kappa shape index (κ2) is 7.67. The molecule has 0 saturated carbocycles. The monoisotopic (exact) mass is 409 g/mol. The van der Waals surface area contributed by atoms with E-state index in [1.54, 1.807) is 4.52 Å². The lowest BCUT2D eigenvalue weighted by atomic mass is 9.70. The summed E-state index contributed by atoms with van der Waals surface area (Å²) in [7, 11) is 0. The van der Waals surface area contributed by atoms with E-state index in [1.165, 1.54) is 6.33 Å². The molecule has 160 valence electrons. The second-order valence-corrected chi connectivity index (χ2v) is 9.71. The maximum absolute atomic E-state index is 13.5. The minimum atomic E-state index is 0.0268. The highest BCUT2D eigenvalue weighted by Gasteiger charge is 2.49. The van der Waals surface area contributed by atoms with E-state index in [-0.39, 0.29) is 18.0 Å². The van der Waals surface area contributed by atoms with Crippen LogP contribution in [0.4, 0.5) is 0 Å². The second-order valence-electron chi connectivity index (χ2n) is 9.71. The number of nitrogens with zero attached hydrogens (tertiary/aromatic N) is 5. The summed E-state index contributed by atoms with van der Waals surface area (Å²) in [6.45, 7) is 5.94. The molecule has 3 fully saturated rings. The van der Waals surface area contributed by atoms with Gasteiger partial charge in [0.2, 0.25) is 5.91 Å². The lowest BCUT2D eigenvalue weighted by Crippen LogP contribution is -2.65. The molecule has 0 aromatic carbocycles. The molecule has 3 aliphatic heterocycles. The molecule has 7 nitrogen and oxygen atoms in total. The van der Waals surface area contributed by atoms with Gasteiger partial charge in [-0.25, -0.2) is 9.50 Å². The molecule has 7 heteroatoms. The van der Waals surface area contributed by atoms with Gasteiger partial charge in [0, 0.05) is 31.6 Å². The molecule has 2 aromatic heterocycles. The van der Waals surface area contributed by atoms with Gasteiger partial charge in [-0.15, -0.1) is 0 Å². The van der Waals surface area contributed by atoms with Gasteiger partial charge in [-0.05, 0) is 62.0 Å². The van der Waals surface area contributed by atoms with Crippen molar-refractivity contribution >= 4 is 17.5 Å². The van der Waals surface area contributed by atoms with Crippen LogP contribution in [-0.2, 0) is 4.79 Å². The highest BCUT2D eigenvalue weighted by molar-refractivity contribution is 5.93. The Morgan fingerprint density at radius 1 is 1.23 bits per heavy atom. The molecule has 2 aromatic rings. The first-order chi connectivity index (χ1) is 14.5. The van der Waals surface area contributed by atoms with E-state index in [2.05, 4.69) is 28.8 Å². The Morgan fingerprint density at radius 2 is 2.07 bits per heavy atom. The Labute approximate surface area is 177 Å². The zero-order valence-corrected chi connectivity index (χ0v) is 17.9. The first kappa shape index (κ1) is 19.5. The molecule has 0 aliphatic carbocycles. The van der Waals surface area contributed by atoms with E-state index in [9.17, 15) is 9.59 Å². The van der Waals surface area contributed by atoms with Crippen LogP contribution in [0.3, 0.4) is 0 Å². The molecular weight excluding hydrogens is 378 g/mol. The molecule has 2 bridgehead atoms. The molecule has 30 heavy (non-hydrogen) atoms. The van der Waals surface area contributed by atoms with E-state index in [4.69, 9.17) is 0 Å². The van der Waals surface area contributed by atoms with E-state index < -0.39 is 0 Å². The molecule has 0 unspecified atom stereocenters. The smallest absolute Gasteiger partial charge is 0.272 e. The van der Waals surface area contributed by atoms with Gasteiger partial charge < -0.3 is 9.80 Å². The lowest BCUT2D eigenvalue weighted by Gasteiger charge is -2.56. The molecule has 3 saturated heterocycles. The molecule has 5 heterocycles. The van der Waals surface area contributed by atoms with Crippen LogP contribution in [0.25, 0.3) is 5.65 Å². The lowest BCUT2D eigenvalue weighted by molar-refractivity contribution is -0.152. The third-order valence-electron chi connectivity index (χ3n) is 7.34. The zero-order valence-electron chi connectivity index (χ0n) is 17.9. The van der Waals surface area contributed by atoms with Gasteiger partial charge in [-0.2, -0.15) is 5.10 Å². The predicted octanol–water partition coefficient (Wildman–Crippen LogP) is 3.01. The Hall–Kier alpha value is -2.44. The van der Waals surface area contributed by atoms with Crippen molar-refractivity contribution in [3.63, 3.8) is 0 Å². The standard InChI is InChI=1S/C23H31N5O2/c1-15(2)9-10-19-17-11-16(18-5-4-8-22(29)27(18)19)12-26(13-17)23(30)20-6-3-7-21-24-14-25-28(20)21/h3,6-7,14-19H,4-5,8-13H2,1-2H3/t16-,17+,18+,19+/m1/s1. The normalized spacial score (nSPS) is 28.8. The van der Waals surface area contributed by atoms with Crippen molar-refractivity contribution in [3.05, 3.63) is 30.2 Å². The van der Waals surface area contributed by atoms with Gasteiger partial charge in [0.15, 0.2) is 5.65 Å². The summed E-state index contributed by atoms with van der Waals surface area (Å²) in [5.74, 6) is 1.72.